The van der Waals surface area contributed by atoms with Crippen molar-refractivity contribution in [3.63, 3.8) is 0 Å². The third kappa shape index (κ3) is 21.1. The van der Waals surface area contributed by atoms with Crippen molar-refractivity contribution in [1.82, 2.24) is 55.6 Å². The number of carbonyl (C=O) groups is 11. The number of carbonyl (C=O) groups excluding carboxylic acids is 11. The first-order chi connectivity index (χ1) is 36.4. The summed E-state index contributed by atoms with van der Waals surface area (Å²) in [5, 5.41) is 22.4. The van der Waals surface area contributed by atoms with Crippen molar-refractivity contribution in [2.45, 2.75) is 183 Å². The number of likely N-dealkylation sites (N-methyl/N-ethyl adjacent to an activating group) is 7. The van der Waals surface area contributed by atoms with Gasteiger partial charge in [-0.2, -0.15) is 0 Å². The summed E-state index contributed by atoms with van der Waals surface area (Å²) in [6.45, 7) is 22.7. The normalized spacial score (nSPS) is 25.8. The molecule has 11 amide bonds. The highest BCUT2D eigenvalue weighted by Gasteiger charge is 2.41. The molecule has 10 atom stereocenters. The number of nitrogens with zero attached hydrogens (tertiary/aromatic N) is 7. The topological polar surface area (TPSA) is 279 Å². The van der Waals surface area contributed by atoms with E-state index < -0.39 is 151 Å². The van der Waals surface area contributed by atoms with E-state index in [9.17, 15) is 57.8 Å². The monoisotopic (exact) mass is 1120 g/mol. The van der Waals surface area contributed by atoms with Crippen LogP contribution in [0.5, 0.6) is 0 Å². The van der Waals surface area contributed by atoms with E-state index in [0.717, 1.165) is 25.2 Å². The van der Waals surface area contributed by atoms with Crippen LogP contribution in [0.3, 0.4) is 0 Å². The zero-order valence-corrected chi connectivity index (χ0v) is 51.4. The zero-order chi connectivity index (χ0) is 61.2. The van der Waals surface area contributed by atoms with Crippen LogP contribution in [-0.4, -0.2) is 228 Å². The molecule has 1 fully saturated rings. The summed E-state index contributed by atoms with van der Waals surface area (Å²) in [4.78, 5) is 163. The maximum Gasteiger partial charge on any atom is 0.245 e. The standard InChI is InChI=1S/C56H99N11O12/c1-31(2)22-24-36(11)48(71)47-52(75)57-28-43(68)61(15)29-44(69)64(18)41(26-33(5)6)51(74)60-46(35(9)10)56(79)66(20)42(27-34(7)8)50(73)58-37(12)49(72)59-38(13)53(76)63(17)39(14)54(77)65(19)40(25-23-32(3)4)55(78)62(16)30-45(70)67(47)21/h22,32-42,46-48,71H,23-30H2,1-21H3,(H,57,75)(H,58,73)(H,59,72)(H,60,74). The predicted octanol–water partition coefficient (Wildman–Crippen LogP) is 1.22. The van der Waals surface area contributed by atoms with E-state index >= 15 is 0 Å². The number of hydrogen-bond acceptors (Lipinski definition) is 12. The highest BCUT2D eigenvalue weighted by molar-refractivity contribution is 5.98. The molecule has 0 aromatic heterocycles. The lowest BCUT2D eigenvalue weighted by atomic mass is 9.92. The molecular formula is C56H99N11O12. The SMILES string of the molecule is CC(C)=CCC(C)C(O)C1C(=O)NCC(=O)N(C)CC(=O)N(C)C(CC(C)C)C(=O)NC(C(C)C)C(=O)N(C)C(CC(C)C)C(=O)NC(C)C(=O)NC(C)C(=O)N(C)C(C)C(=O)N(C)C(CCC(C)C)C(=O)N(C)CC(=O)N1C. The van der Waals surface area contributed by atoms with E-state index in [-0.39, 0.29) is 37.0 Å². The fourth-order valence-electron chi connectivity index (χ4n) is 8.98. The fourth-order valence-corrected chi connectivity index (χ4v) is 8.98. The highest BCUT2D eigenvalue weighted by atomic mass is 16.3. The van der Waals surface area contributed by atoms with Crippen LogP contribution >= 0.6 is 0 Å². The quantitative estimate of drug-likeness (QED) is 0.173. The average Bonchev–Trinajstić information content (AvgIpc) is 3.36. The Labute approximate surface area is 470 Å². The lowest BCUT2D eigenvalue weighted by molar-refractivity contribution is -0.152. The first-order valence-corrected chi connectivity index (χ1v) is 27.7. The highest BCUT2D eigenvalue weighted by Crippen LogP contribution is 2.21. The molecule has 23 nitrogen and oxygen atoms in total. The van der Waals surface area contributed by atoms with E-state index in [2.05, 4.69) is 21.3 Å². The van der Waals surface area contributed by atoms with Gasteiger partial charge in [0.1, 0.15) is 48.3 Å². The minimum absolute atomic E-state index is 0.0971. The predicted molar refractivity (Wildman–Crippen MR) is 301 cm³/mol. The molecule has 0 spiro atoms. The van der Waals surface area contributed by atoms with E-state index in [1.54, 1.807) is 20.8 Å². The average molecular weight is 1120 g/mol. The lowest BCUT2D eigenvalue weighted by Gasteiger charge is -2.37. The van der Waals surface area contributed by atoms with Crippen molar-refractivity contribution in [2.75, 3.05) is 69.0 Å². The van der Waals surface area contributed by atoms with Crippen LogP contribution < -0.4 is 21.3 Å². The van der Waals surface area contributed by atoms with Gasteiger partial charge < -0.3 is 60.7 Å². The van der Waals surface area contributed by atoms with Gasteiger partial charge in [-0.15, -0.1) is 0 Å². The van der Waals surface area contributed by atoms with Crippen molar-refractivity contribution in [1.29, 1.82) is 0 Å². The summed E-state index contributed by atoms with van der Waals surface area (Å²) in [6.07, 6.45) is 1.72. The maximum absolute atomic E-state index is 14.4. The summed E-state index contributed by atoms with van der Waals surface area (Å²) in [6, 6.07) is -9.68. The number of allylic oxidation sites excluding steroid dienone is 2. The van der Waals surface area contributed by atoms with Crippen molar-refractivity contribution in [2.24, 2.45) is 29.6 Å². The largest absolute Gasteiger partial charge is 0.390 e. The third-order valence-electron chi connectivity index (χ3n) is 14.6. The van der Waals surface area contributed by atoms with Gasteiger partial charge in [-0.25, -0.2) is 0 Å². The molecule has 1 aliphatic heterocycles. The van der Waals surface area contributed by atoms with E-state index in [0.29, 0.717) is 12.8 Å². The molecule has 79 heavy (non-hydrogen) atoms. The van der Waals surface area contributed by atoms with Crippen molar-refractivity contribution in [3.8, 4) is 0 Å². The van der Waals surface area contributed by atoms with Gasteiger partial charge in [-0.05, 0) is 96.3 Å². The Bertz CT molecular complexity index is 2180. The van der Waals surface area contributed by atoms with Crippen molar-refractivity contribution >= 4 is 65.0 Å². The van der Waals surface area contributed by atoms with Gasteiger partial charge in [0.05, 0.1) is 25.7 Å². The van der Waals surface area contributed by atoms with Crippen molar-refractivity contribution in [3.05, 3.63) is 11.6 Å². The summed E-state index contributed by atoms with van der Waals surface area (Å²) < 4.78 is 0. The first-order valence-electron chi connectivity index (χ1n) is 27.7. The summed E-state index contributed by atoms with van der Waals surface area (Å²) in [7, 11) is 9.62. The number of hydrogen-bond donors (Lipinski definition) is 5. The molecular weight excluding hydrogens is 1020 g/mol. The molecule has 10 unspecified atom stereocenters. The Hall–Kier alpha value is -6.13. The molecule has 0 aromatic rings. The first kappa shape index (κ1) is 70.9. The van der Waals surface area contributed by atoms with Gasteiger partial charge >= 0.3 is 0 Å². The number of amides is 11. The van der Waals surface area contributed by atoms with Crippen LogP contribution in [0.2, 0.25) is 0 Å². The van der Waals surface area contributed by atoms with Crippen LogP contribution in [0.1, 0.15) is 129 Å². The second kappa shape index (κ2) is 32.2. The van der Waals surface area contributed by atoms with Crippen LogP contribution in [0.4, 0.5) is 0 Å². The lowest BCUT2D eigenvalue weighted by Crippen LogP contribution is -2.60. The second-order valence-corrected chi connectivity index (χ2v) is 23.6. The molecule has 0 aromatic carbocycles. The van der Waals surface area contributed by atoms with Crippen LogP contribution in [-0.2, 0) is 52.7 Å². The molecule has 1 aliphatic rings. The maximum atomic E-state index is 14.4. The molecule has 0 radical (unpaired) electrons. The Balaban J connectivity index is 4.00. The Morgan fingerprint density at radius 2 is 1.01 bits per heavy atom. The number of aliphatic hydroxyl groups is 1. The van der Waals surface area contributed by atoms with Crippen LogP contribution in [0.15, 0.2) is 11.6 Å². The minimum Gasteiger partial charge on any atom is -0.390 e. The summed E-state index contributed by atoms with van der Waals surface area (Å²) in [5.74, 6) is -8.85. The number of aliphatic hydroxyl groups excluding tert-OH is 1. The molecule has 0 saturated carbocycles. The smallest absolute Gasteiger partial charge is 0.245 e. The third-order valence-corrected chi connectivity index (χ3v) is 14.6. The number of nitrogens with one attached hydrogen (secondary N) is 4. The van der Waals surface area contributed by atoms with Gasteiger partial charge in [0.2, 0.25) is 65.0 Å². The number of rotatable bonds is 12. The molecule has 0 bridgehead atoms. The van der Waals surface area contributed by atoms with E-state index in [1.165, 1.54) is 84.8 Å². The second-order valence-electron chi connectivity index (χ2n) is 23.6. The van der Waals surface area contributed by atoms with Gasteiger partial charge in [-0.3, -0.25) is 52.7 Å². The summed E-state index contributed by atoms with van der Waals surface area (Å²) in [5.41, 5.74) is 0.950. The minimum atomic E-state index is -1.57. The van der Waals surface area contributed by atoms with Crippen molar-refractivity contribution < 1.29 is 57.8 Å². The molecule has 450 valence electrons. The Morgan fingerprint density at radius 3 is 1.52 bits per heavy atom. The Kier molecular flexibility index (Phi) is 28.9. The van der Waals surface area contributed by atoms with Crippen LogP contribution in [0, 0.1) is 29.6 Å². The molecule has 1 rings (SSSR count). The zero-order valence-electron chi connectivity index (χ0n) is 51.4. The van der Waals surface area contributed by atoms with Gasteiger partial charge in [0.15, 0.2) is 0 Å². The van der Waals surface area contributed by atoms with E-state index in [4.69, 9.17) is 0 Å². The molecule has 1 heterocycles. The molecule has 5 N–H and O–H groups in total. The fraction of sp³-hybridized carbons (Fsp3) is 0.768. The molecule has 0 aliphatic carbocycles. The van der Waals surface area contributed by atoms with Gasteiger partial charge in [-0.1, -0.05) is 74.0 Å². The molecule has 1 saturated heterocycles. The summed E-state index contributed by atoms with van der Waals surface area (Å²) >= 11 is 0. The van der Waals surface area contributed by atoms with Gasteiger partial charge in [0, 0.05) is 49.3 Å². The van der Waals surface area contributed by atoms with Gasteiger partial charge in [0.25, 0.3) is 0 Å². The Morgan fingerprint density at radius 1 is 0.532 bits per heavy atom. The van der Waals surface area contributed by atoms with E-state index in [1.807, 2.05) is 61.5 Å². The van der Waals surface area contributed by atoms with Crippen LogP contribution in [0.25, 0.3) is 0 Å². The molecule has 23 heteroatoms.